The predicted octanol–water partition coefficient (Wildman–Crippen LogP) is 2.17. The van der Waals surface area contributed by atoms with Gasteiger partial charge >= 0.3 is 0 Å². The topological polar surface area (TPSA) is 70.0 Å². The smallest absolute Gasteiger partial charge is 0.207 e. The van der Waals surface area contributed by atoms with E-state index in [-0.39, 0.29) is 10.8 Å². The van der Waals surface area contributed by atoms with Crippen LogP contribution in [0.2, 0.25) is 5.02 Å². The minimum atomic E-state index is -3.70. The molecule has 0 aromatic heterocycles. The molecule has 17 heavy (non-hydrogen) atoms. The molecule has 0 amide bonds. The number of nitrogens with one attached hydrogen (secondary N) is 1. The molecule has 1 aromatic carbocycles. The Labute approximate surface area is 106 Å². The second-order valence-electron chi connectivity index (χ2n) is 3.93. The van der Waals surface area contributed by atoms with E-state index in [4.69, 9.17) is 16.9 Å². The molecule has 0 radical (unpaired) electrons. The van der Waals surface area contributed by atoms with Crippen LogP contribution >= 0.6 is 11.6 Å². The molecule has 0 saturated heterocycles. The summed E-state index contributed by atoms with van der Waals surface area (Å²) >= 11 is 5.73. The fourth-order valence-corrected chi connectivity index (χ4v) is 2.77. The highest BCUT2D eigenvalue weighted by atomic mass is 35.5. The molecule has 1 aromatic rings. The van der Waals surface area contributed by atoms with Crippen molar-refractivity contribution < 1.29 is 8.42 Å². The fraction of sp³-hybridized carbons (Fsp3) is 0.364. The van der Waals surface area contributed by atoms with Crippen molar-refractivity contribution in [1.29, 1.82) is 5.26 Å². The van der Waals surface area contributed by atoms with Crippen molar-refractivity contribution in [3.05, 3.63) is 29.3 Å². The van der Waals surface area contributed by atoms with E-state index in [2.05, 4.69) is 4.72 Å². The molecule has 0 saturated carbocycles. The van der Waals surface area contributed by atoms with Gasteiger partial charge in [0.1, 0.15) is 6.04 Å². The van der Waals surface area contributed by atoms with Crippen LogP contribution in [0.15, 0.2) is 29.2 Å². The van der Waals surface area contributed by atoms with E-state index in [0.717, 1.165) is 0 Å². The van der Waals surface area contributed by atoms with Gasteiger partial charge in [0, 0.05) is 5.02 Å². The van der Waals surface area contributed by atoms with Crippen LogP contribution in [0.5, 0.6) is 0 Å². The van der Waals surface area contributed by atoms with Crippen LogP contribution in [0.1, 0.15) is 13.8 Å². The molecule has 4 nitrogen and oxygen atoms in total. The van der Waals surface area contributed by atoms with Gasteiger partial charge < -0.3 is 0 Å². The summed E-state index contributed by atoms with van der Waals surface area (Å²) in [4.78, 5) is 0.0610. The number of nitrogens with zero attached hydrogens (tertiary/aromatic N) is 1. The number of sulfonamides is 1. The second-order valence-corrected chi connectivity index (χ2v) is 6.08. The van der Waals surface area contributed by atoms with Crippen LogP contribution in [-0.2, 0) is 10.0 Å². The SMILES string of the molecule is CC(C)C(C#N)NS(=O)(=O)c1cccc(Cl)c1. The largest absolute Gasteiger partial charge is 0.241 e. The standard InChI is InChI=1S/C11H13ClN2O2S/c1-8(2)11(7-13)14-17(15,16)10-5-3-4-9(12)6-10/h3-6,8,11,14H,1-2H3. The van der Waals surface area contributed by atoms with E-state index in [9.17, 15) is 8.42 Å². The van der Waals surface area contributed by atoms with Gasteiger partial charge in [0.2, 0.25) is 10.0 Å². The molecule has 0 aliphatic rings. The molecule has 0 aliphatic heterocycles. The Morgan fingerprint density at radius 2 is 2.06 bits per heavy atom. The van der Waals surface area contributed by atoms with E-state index in [1.54, 1.807) is 26.0 Å². The molecule has 1 atom stereocenters. The maximum absolute atomic E-state index is 11.9. The average Bonchev–Trinajstić information content (AvgIpc) is 2.25. The lowest BCUT2D eigenvalue weighted by atomic mass is 10.1. The van der Waals surface area contributed by atoms with E-state index in [1.165, 1.54) is 12.1 Å². The lowest BCUT2D eigenvalue weighted by Gasteiger charge is -2.15. The summed E-state index contributed by atoms with van der Waals surface area (Å²) < 4.78 is 26.2. The Kier molecular flexibility index (Phi) is 4.52. The molecule has 0 fully saturated rings. The summed E-state index contributed by atoms with van der Waals surface area (Å²) in [5.41, 5.74) is 0. The van der Waals surface area contributed by atoms with Gasteiger partial charge in [-0.3, -0.25) is 0 Å². The van der Waals surface area contributed by atoms with Crippen molar-refractivity contribution >= 4 is 21.6 Å². The number of halogens is 1. The number of nitriles is 1. The van der Waals surface area contributed by atoms with Crippen molar-refractivity contribution in [1.82, 2.24) is 4.72 Å². The summed E-state index contributed by atoms with van der Waals surface area (Å²) in [7, 11) is -3.70. The highest BCUT2D eigenvalue weighted by Crippen LogP contribution is 2.16. The number of hydrogen-bond acceptors (Lipinski definition) is 3. The molecule has 0 spiro atoms. The van der Waals surface area contributed by atoms with Crippen molar-refractivity contribution in [2.45, 2.75) is 24.8 Å². The van der Waals surface area contributed by atoms with Gasteiger partial charge in [-0.25, -0.2) is 8.42 Å². The third kappa shape index (κ3) is 3.70. The van der Waals surface area contributed by atoms with Crippen molar-refractivity contribution in [3.63, 3.8) is 0 Å². The first-order valence-electron chi connectivity index (χ1n) is 5.04. The molecule has 0 heterocycles. The van der Waals surface area contributed by atoms with E-state index < -0.39 is 16.1 Å². The third-order valence-corrected chi connectivity index (χ3v) is 3.87. The van der Waals surface area contributed by atoms with Crippen LogP contribution in [0.3, 0.4) is 0 Å². The number of hydrogen-bond donors (Lipinski definition) is 1. The zero-order valence-corrected chi connectivity index (χ0v) is 11.1. The summed E-state index contributed by atoms with van der Waals surface area (Å²) in [6, 6.07) is 7.08. The summed E-state index contributed by atoms with van der Waals surface area (Å²) in [6.45, 7) is 3.54. The van der Waals surface area contributed by atoms with Gasteiger partial charge in [0.25, 0.3) is 0 Å². The number of rotatable bonds is 4. The van der Waals surface area contributed by atoms with Crippen LogP contribution in [0, 0.1) is 17.2 Å². The first-order chi connectivity index (χ1) is 7.86. The lowest BCUT2D eigenvalue weighted by Crippen LogP contribution is -2.37. The van der Waals surface area contributed by atoms with E-state index in [1.807, 2.05) is 6.07 Å². The maximum atomic E-state index is 11.9. The fourth-order valence-electron chi connectivity index (χ4n) is 1.18. The highest BCUT2D eigenvalue weighted by Gasteiger charge is 2.22. The second kappa shape index (κ2) is 5.50. The minimum Gasteiger partial charge on any atom is -0.207 e. The molecule has 0 bridgehead atoms. The zero-order chi connectivity index (χ0) is 13.1. The van der Waals surface area contributed by atoms with E-state index >= 15 is 0 Å². The van der Waals surface area contributed by atoms with Gasteiger partial charge in [0.15, 0.2) is 0 Å². The van der Waals surface area contributed by atoms with Crippen LogP contribution in [0.4, 0.5) is 0 Å². The minimum absolute atomic E-state index is 0.0610. The first kappa shape index (κ1) is 14.0. The summed E-state index contributed by atoms with van der Waals surface area (Å²) in [5.74, 6) is -0.103. The van der Waals surface area contributed by atoms with Gasteiger partial charge in [-0.15, -0.1) is 0 Å². The van der Waals surface area contributed by atoms with Crippen molar-refractivity contribution in [3.8, 4) is 6.07 Å². The predicted molar refractivity (Wildman–Crippen MR) is 66.0 cm³/mol. The lowest BCUT2D eigenvalue weighted by molar-refractivity contribution is 0.515. The molecule has 0 aliphatic carbocycles. The Morgan fingerprint density at radius 3 is 2.53 bits per heavy atom. The van der Waals surface area contributed by atoms with Crippen LogP contribution in [-0.4, -0.2) is 14.5 Å². The highest BCUT2D eigenvalue weighted by molar-refractivity contribution is 7.89. The zero-order valence-electron chi connectivity index (χ0n) is 9.51. The monoisotopic (exact) mass is 272 g/mol. The quantitative estimate of drug-likeness (QED) is 0.913. The van der Waals surface area contributed by atoms with Gasteiger partial charge in [-0.2, -0.15) is 9.98 Å². The van der Waals surface area contributed by atoms with Gasteiger partial charge in [0.05, 0.1) is 11.0 Å². The Balaban J connectivity index is 3.01. The normalized spacial score (nSPS) is 13.4. The average molecular weight is 273 g/mol. The van der Waals surface area contributed by atoms with Crippen molar-refractivity contribution in [2.75, 3.05) is 0 Å². The number of benzene rings is 1. The van der Waals surface area contributed by atoms with E-state index in [0.29, 0.717) is 5.02 Å². The van der Waals surface area contributed by atoms with Crippen LogP contribution in [0.25, 0.3) is 0 Å². The summed E-state index contributed by atoms with van der Waals surface area (Å²) in [6.07, 6.45) is 0. The Hall–Kier alpha value is -1.09. The maximum Gasteiger partial charge on any atom is 0.241 e. The first-order valence-corrected chi connectivity index (χ1v) is 6.90. The molecule has 1 rings (SSSR count). The van der Waals surface area contributed by atoms with Crippen LogP contribution < -0.4 is 4.72 Å². The summed E-state index contributed by atoms with van der Waals surface area (Å²) in [5, 5.41) is 9.20. The van der Waals surface area contributed by atoms with Gasteiger partial charge in [-0.05, 0) is 24.1 Å². The Bertz CT molecular complexity index is 535. The third-order valence-electron chi connectivity index (χ3n) is 2.19. The molecule has 92 valence electrons. The molecular weight excluding hydrogens is 260 g/mol. The molecule has 1 unspecified atom stereocenters. The molecular formula is C11H13ClN2O2S. The molecule has 6 heteroatoms. The molecule has 1 N–H and O–H groups in total. The van der Waals surface area contributed by atoms with Gasteiger partial charge in [-0.1, -0.05) is 31.5 Å². The van der Waals surface area contributed by atoms with Crippen molar-refractivity contribution in [2.24, 2.45) is 5.92 Å². The Morgan fingerprint density at radius 1 is 1.41 bits per heavy atom.